The van der Waals surface area contributed by atoms with E-state index < -0.39 is 0 Å². The Bertz CT molecular complexity index is 759. The monoisotopic (exact) mass is 292 g/mol. The second-order valence-electron chi connectivity index (χ2n) is 4.38. The quantitative estimate of drug-likeness (QED) is 0.723. The molecule has 0 bridgehead atoms. The minimum atomic E-state index is 0.399. The smallest absolute Gasteiger partial charge is 0.199 e. The highest BCUT2D eigenvalue weighted by Crippen LogP contribution is 2.31. The number of halogens is 1. The zero-order valence-electron chi connectivity index (χ0n) is 10.9. The summed E-state index contributed by atoms with van der Waals surface area (Å²) < 4.78 is 2.00. The van der Waals surface area contributed by atoms with E-state index in [-0.39, 0.29) is 0 Å². The van der Waals surface area contributed by atoms with Gasteiger partial charge in [0, 0.05) is 5.69 Å². The van der Waals surface area contributed by atoms with Gasteiger partial charge in [0.25, 0.3) is 0 Å². The number of hydrogen-bond donors (Lipinski definition) is 0. The SMILES string of the molecule is CCc1ccsc1-c1nnc2c(Cl)nc(C)c(C)n12. The maximum absolute atomic E-state index is 6.15. The Morgan fingerprint density at radius 3 is 2.84 bits per heavy atom. The van der Waals surface area contributed by atoms with Crippen molar-refractivity contribution in [3.05, 3.63) is 33.6 Å². The van der Waals surface area contributed by atoms with Crippen LogP contribution in [0.15, 0.2) is 11.4 Å². The fraction of sp³-hybridized carbons (Fsp3) is 0.308. The van der Waals surface area contributed by atoms with Gasteiger partial charge in [-0.25, -0.2) is 4.98 Å². The van der Waals surface area contributed by atoms with Crippen LogP contribution in [-0.4, -0.2) is 19.6 Å². The molecule has 19 heavy (non-hydrogen) atoms. The van der Waals surface area contributed by atoms with Crippen LogP contribution >= 0.6 is 22.9 Å². The molecule has 0 radical (unpaired) electrons. The van der Waals surface area contributed by atoms with Crippen molar-refractivity contribution in [2.45, 2.75) is 27.2 Å². The van der Waals surface area contributed by atoms with E-state index in [2.05, 4.69) is 33.6 Å². The molecular formula is C13H13ClN4S. The van der Waals surface area contributed by atoms with Gasteiger partial charge in [-0.15, -0.1) is 21.5 Å². The molecule has 0 aliphatic rings. The topological polar surface area (TPSA) is 43.1 Å². The molecule has 98 valence electrons. The second-order valence-corrected chi connectivity index (χ2v) is 5.66. The Morgan fingerprint density at radius 1 is 1.32 bits per heavy atom. The average molecular weight is 293 g/mol. The third-order valence-electron chi connectivity index (χ3n) is 3.30. The molecule has 0 saturated heterocycles. The molecule has 0 N–H and O–H groups in total. The number of nitrogens with zero attached hydrogens (tertiary/aromatic N) is 4. The normalized spacial score (nSPS) is 11.4. The highest BCUT2D eigenvalue weighted by Gasteiger charge is 2.18. The molecule has 0 aliphatic heterocycles. The van der Waals surface area contributed by atoms with Gasteiger partial charge < -0.3 is 0 Å². The lowest BCUT2D eigenvalue weighted by Gasteiger charge is -2.07. The van der Waals surface area contributed by atoms with Crippen molar-refractivity contribution in [1.82, 2.24) is 19.6 Å². The molecule has 0 unspecified atom stereocenters. The average Bonchev–Trinajstić information content (AvgIpc) is 3.01. The van der Waals surface area contributed by atoms with Crippen molar-refractivity contribution in [3.63, 3.8) is 0 Å². The summed E-state index contributed by atoms with van der Waals surface area (Å²) in [4.78, 5) is 5.44. The van der Waals surface area contributed by atoms with Crippen molar-refractivity contribution in [3.8, 4) is 10.7 Å². The highest BCUT2D eigenvalue weighted by molar-refractivity contribution is 7.13. The Hall–Kier alpha value is -1.46. The molecule has 3 aromatic heterocycles. The molecule has 0 atom stereocenters. The Kier molecular flexibility index (Phi) is 3.03. The maximum Gasteiger partial charge on any atom is 0.199 e. The lowest BCUT2D eigenvalue weighted by atomic mass is 10.2. The predicted octanol–water partition coefficient (Wildman–Crippen LogP) is 3.69. The molecule has 0 amide bonds. The summed E-state index contributed by atoms with van der Waals surface area (Å²) in [6.45, 7) is 6.10. The summed E-state index contributed by atoms with van der Waals surface area (Å²) in [6.07, 6.45) is 0.977. The number of hydrogen-bond acceptors (Lipinski definition) is 4. The second kappa shape index (κ2) is 4.58. The van der Waals surface area contributed by atoms with Crippen molar-refractivity contribution in [2.24, 2.45) is 0 Å². The van der Waals surface area contributed by atoms with Crippen molar-refractivity contribution in [1.29, 1.82) is 0 Å². The molecule has 0 spiro atoms. The molecule has 0 aromatic carbocycles. The Balaban J connectivity index is 2.37. The van der Waals surface area contributed by atoms with Gasteiger partial charge in [0.05, 0.1) is 10.6 Å². The molecule has 3 heterocycles. The molecule has 3 aromatic rings. The van der Waals surface area contributed by atoms with Crippen LogP contribution in [0.25, 0.3) is 16.3 Å². The van der Waals surface area contributed by atoms with E-state index in [1.165, 1.54) is 5.56 Å². The van der Waals surface area contributed by atoms with Crippen LogP contribution in [0.3, 0.4) is 0 Å². The van der Waals surface area contributed by atoms with Crippen LogP contribution in [0.4, 0.5) is 0 Å². The lowest BCUT2D eigenvalue weighted by molar-refractivity contribution is 0.999. The van der Waals surface area contributed by atoms with Gasteiger partial charge in [-0.05, 0) is 37.3 Å². The summed E-state index contributed by atoms with van der Waals surface area (Å²) in [5.74, 6) is 0.853. The van der Waals surface area contributed by atoms with E-state index in [4.69, 9.17) is 11.6 Å². The summed E-state index contributed by atoms with van der Waals surface area (Å²) in [6, 6.07) is 2.13. The van der Waals surface area contributed by atoms with Crippen LogP contribution in [0, 0.1) is 13.8 Å². The van der Waals surface area contributed by atoms with Gasteiger partial charge in [-0.1, -0.05) is 18.5 Å². The van der Waals surface area contributed by atoms with Gasteiger partial charge in [-0.3, -0.25) is 4.40 Å². The number of thiophene rings is 1. The minimum Gasteiger partial charge on any atom is -0.275 e. The molecule has 6 heteroatoms. The van der Waals surface area contributed by atoms with Crippen LogP contribution in [0.5, 0.6) is 0 Å². The fourth-order valence-electron chi connectivity index (χ4n) is 2.13. The van der Waals surface area contributed by atoms with E-state index in [0.29, 0.717) is 10.8 Å². The number of fused-ring (bicyclic) bond motifs is 1. The molecular weight excluding hydrogens is 280 g/mol. The summed E-state index contributed by atoms with van der Waals surface area (Å²) >= 11 is 7.83. The number of aryl methyl sites for hydroxylation is 3. The molecule has 0 saturated carbocycles. The zero-order valence-corrected chi connectivity index (χ0v) is 12.5. The first-order valence-electron chi connectivity index (χ1n) is 6.08. The van der Waals surface area contributed by atoms with Crippen LogP contribution in [0.1, 0.15) is 23.9 Å². The van der Waals surface area contributed by atoms with Gasteiger partial charge >= 0.3 is 0 Å². The number of rotatable bonds is 2. The van der Waals surface area contributed by atoms with Crippen LogP contribution in [0.2, 0.25) is 5.15 Å². The fourth-order valence-corrected chi connectivity index (χ4v) is 3.35. The zero-order chi connectivity index (χ0) is 13.6. The van der Waals surface area contributed by atoms with Crippen molar-refractivity contribution < 1.29 is 0 Å². The van der Waals surface area contributed by atoms with Gasteiger partial charge in [0.15, 0.2) is 16.6 Å². The van der Waals surface area contributed by atoms with Gasteiger partial charge in [0.2, 0.25) is 0 Å². The molecule has 0 aliphatic carbocycles. The van der Waals surface area contributed by atoms with Crippen molar-refractivity contribution >= 4 is 28.6 Å². The Labute approximate surface area is 120 Å². The highest BCUT2D eigenvalue weighted by atomic mass is 35.5. The van der Waals surface area contributed by atoms with E-state index in [0.717, 1.165) is 28.5 Å². The minimum absolute atomic E-state index is 0.399. The van der Waals surface area contributed by atoms with Gasteiger partial charge in [0.1, 0.15) is 0 Å². The van der Waals surface area contributed by atoms with Crippen LogP contribution < -0.4 is 0 Å². The van der Waals surface area contributed by atoms with Crippen LogP contribution in [-0.2, 0) is 6.42 Å². The predicted molar refractivity (Wildman–Crippen MR) is 78.0 cm³/mol. The third kappa shape index (κ3) is 1.84. The first-order chi connectivity index (χ1) is 9.13. The van der Waals surface area contributed by atoms with E-state index in [9.17, 15) is 0 Å². The summed E-state index contributed by atoms with van der Waals surface area (Å²) in [5.41, 5.74) is 3.82. The van der Waals surface area contributed by atoms with Crippen molar-refractivity contribution in [2.75, 3.05) is 0 Å². The summed E-state index contributed by atoms with van der Waals surface area (Å²) in [5, 5.41) is 11.0. The first kappa shape index (κ1) is 12.6. The van der Waals surface area contributed by atoms with Gasteiger partial charge in [-0.2, -0.15) is 0 Å². The lowest BCUT2D eigenvalue weighted by Crippen LogP contribution is -2.01. The first-order valence-corrected chi connectivity index (χ1v) is 7.33. The Morgan fingerprint density at radius 2 is 2.11 bits per heavy atom. The maximum atomic E-state index is 6.15. The standard InChI is InChI=1S/C13H13ClN4S/c1-4-9-5-6-19-10(9)12-16-17-13-11(14)15-7(2)8(3)18(12)13/h5-6H,4H2,1-3H3. The number of aromatic nitrogens is 4. The third-order valence-corrected chi connectivity index (χ3v) is 4.51. The summed E-state index contributed by atoms with van der Waals surface area (Å²) in [7, 11) is 0. The molecule has 4 nitrogen and oxygen atoms in total. The molecule has 0 fully saturated rings. The van der Waals surface area contributed by atoms with E-state index in [1.54, 1.807) is 11.3 Å². The molecule has 3 rings (SSSR count). The largest absolute Gasteiger partial charge is 0.275 e. The van der Waals surface area contributed by atoms with E-state index >= 15 is 0 Å². The van der Waals surface area contributed by atoms with E-state index in [1.807, 2.05) is 18.2 Å².